The molecule has 104 valence electrons. The van der Waals surface area contributed by atoms with Gasteiger partial charge < -0.3 is 9.88 Å². The van der Waals surface area contributed by atoms with Gasteiger partial charge in [-0.05, 0) is 41.4 Å². The van der Waals surface area contributed by atoms with Gasteiger partial charge in [0, 0.05) is 12.6 Å². The maximum Gasteiger partial charge on any atom is 0.249 e. The molecule has 0 radical (unpaired) electrons. The highest BCUT2D eigenvalue weighted by molar-refractivity contribution is 9.11. The average Bonchev–Trinajstić information content (AvgIpc) is 2.98. The monoisotopic (exact) mass is 353 g/mol. The predicted molar refractivity (Wildman–Crippen MR) is 80.2 cm³/mol. The van der Waals surface area contributed by atoms with E-state index in [0.29, 0.717) is 23.7 Å². The van der Waals surface area contributed by atoms with Crippen LogP contribution in [0.1, 0.15) is 35.1 Å². The Morgan fingerprint density at radius 3 is 3.10 bits per heavy atom. The Kier molecular flexibility index (Phi) is 3.47. The van der Waals surface area contributed by atoms with E-state index in [1.54, 1.807) is 22.9 Å². The second kappa shape index (κ2) is 5.14. The summed E-state index contributed by atoms with van der Waals surface area (Å²) in [5.41, 5.74) is 1.46. The van der Waals surface area contributed by atoms with Crippen molar-refractivity contribution < 1.29 is 9.59 Å². The molecule has 1 N–H and O–H groups in total. The Morgan fingerprint density at radius 2 is 2.40 bits per heavy atom. The fourth-order valence-electron chi connectivity index (χ4n) is 2.31. The van der Waals surface area contributed by atoms with E-state index in [1.807, 2.05) is 6.92 Å². The maximum atomic E-state index is 12.4. The molecule has 1 amide bonds. The number of rotatable bonds is 2. The van der Waals surface area contributed by atoms with Gasteiger partial charge in [-0.3, -0.25) is 9.59 Å². The van der Waals surface area contributed by atoms with Crippen LogP contribution < -0.4 is 5.32 Å². The fraction of sp³-hybridized carbons (Fsp3) is 0.308. The number of nitrogens with zero attached hydrogens (tertiary/aromatic N) is 2. The Morgan fingerprint density at radius 1 is 1.60 bits per heavy atom. The van der Waals surface area contributed by atoms with Gasteiger partial charge in [-0.15, -0.1) is 0 Å². The van der Waals surface area contributed by atoms with Crippen molar-refractivity contribution in [3.05, 3.63) is 33.5 Å². The minimum atomic E-state index is -0.347. The normalized spacial score (nSPS) is 17.9. The summed E-state index contributed by atoms with van der Waals surface area (Å²) in [6, 6.07) is 3.20. The number of aromatic nitrogens is 2. The van der Waals surface area contributed by atoms with E-state index in [9.17, 15) is 9.59 Å². The van der Waals surface area contributed by atoms with Crippen molar-refractivity contribution in [2.24, 2.45) is 0 Å². The molecule has 1 aliphatic heterocycles. The molecule has 0 saturated heterocycles. The molecule has 0 aliphatic carbocycles. The highest BCUT2D eigenvalue weighted by Crippen LogP contribution is 2.30. The number of halogens is 1. The zero-order chi connectivity index (χ0) is 14.3. The molecule has 0 fully saturated rings. The molecular weight excluding hydrogens is 342 g/mol. The number of carbonyl (C=O) groups is 2. The van der Waals surface area contributed by atoms with Crippen LogP contribution in [-0.2, 0) is 4.79 Å². The zero-order valence-corrected chi connectivity index (χ0v) is 13.1. The molecular formula is C13H12BrN3O2S. The lowest BCUT2D eigenvalue weighted by atomic mass is 10.0. The van der Waals surface area contributed by atoms with Crippen LogP contribution in [-0.4, -0.2) is 21.2 Å². The van der Waals surface area contributed by atoms with Crippen LogP contribution >= 0.6 is 27.3 Å². The summed E-state index contributed by atoms with van der Waals surface area (Å²) in [5, 5.41) is 3.40. The number of hydrogen-bond donors (Lipinski definition) is 1. The standard InChI is InChI=1S/C13H12BrN3O2S/c1-7-11(14)20-13(15-7)16-12(19)9-4-5-10(18)8-3-2-6-17(8)9/h2-3,6,9H,4-5H2,1H3,(H,15,16,19). The first kappa shape index (κ1) is 13.5. The quantitative estimate of drug-likeness (QED) is 0.901. The van der Waals surface area contributed by atoms with Crippen LogP contribution in [0.5, 0.6) is 0 Å². The summed E-state index contributed by atoms with van der Waals surface area (Å²) in [4.78, 5) is 28.4. The van der Waals surface area contributed by atoms with E-state index in [4.69, 9.17) is 0 Å². The summed E-state index contributed by atoms with van der Waals surface area (Å²) in [6.07, 6.45) is 2.71. The van der Waals surface area contributed by atoms with Crippen molar-refractivity contribution in [2.75, 3.05) is 5.32 Å². The molecule has 1 atom stereocenters. The van der Waals surface area contributed by atoms with Crippen LogP contribution in [0.15, 0.2) is 22.1 Å². The Labute approximate surface area is 128 Å². The van der Waals surface area contributed by atoms with Crippen LogP contribution in [0.3, 0.4) is 0 Å². The summed E-state index contributed by atoms with van der Waals surface area (Å²) < 4.78 is 2.66. The number of fused-ring (bicyclic) bond motifs is 1. The largest absolute Gasteiger partial charge is 0.333 e. The lowest BCUT2D eigenvalue weighted by Gasteiger charge is -2.24. The second-order valence-electron chi connectivity index (χ2n) is 4.65. The number of aryl methyl sites for hydroxylation is 1. The summed E-state index contributed by atoms with van der Waals surface area (Å²) in [6.45, 7) is 1.87. The highest BCUT2D eigenvalue weighted by Gasteiger charge is 2.29. The molecule has 1 aliphatic rings. The smallest absolute Gasteiger partial charge is 0.249 e. The van der Waals surface area contributed by atoms with E-state index >= 15 is 0 Å². The van der Waals surface area contributed by atoms with Crippen molar-refractivity contribution in [3.63, 3.8) is 0 Å². The molecule has 0 spiro atoms. The highest BCUT2D eigenvalue weighted by atomic mass is 79.9. The van der Waals surface area contributed by atoms with Gasteiger partial charge in [-0.1, -0.05) is 11.3 Å². The second-order valence-corrected chi connectivity index (χ2v) is 6.96. The number of amides is 1. The van der Waals surface area contributed by atoms with Gasteiger partial charge in [0.2, 0.25) is 5.91 Å². The van der Waals surface area contributed by atoms with E-state index in [1.165, 1.54) is 11.3 Å². The Hall–Kier alpha value is -1.47. The average molecular weight is 354 g/mol. The first-order valence-corrected chi connectivity index (χ1v) is 7.81. The third kappa shape index (κ3) is 2.31. The van der Waals surface area contributed by atoms with Crippen molar-refractivity contribution in [1.29, 1.82) is 0 Å². The Balaban J connectivity index is 1.82. The summed E-state index contributed by atoms with van der Waals surface area (Å²) >= 11 is 4.77. The molecule has 2 aromatic heterocycles. The van der Waals surface area contributed by atoms with Gasteiger partial charge in [0.25, 0.3) is 0 Å². The van der Waals surface area contributed by atoms with Crippen LogP contribution in [0.25, 0.3) is 0 Å². The van der Waals surface area contributed by atoms with Crippen molar-refractivity contribution >= 4 is 44.1 Å². The molecule has 5 nitrogen and oxygen atoms in total. The zero-order valence-electron chi connectivity index (χ0n) is 10.7. The van der Waals surface area contributed by atoms with Gasteiger partial charge in [0.15, 0.2) is 10.9 Å². The van der Waals surface area contributed by atoms with Gasteiger partial charge in [0.1, 0.15) is 6.04 Å². The first-order chi connectivity index (χ1) is 9.56. The topological polar surface area (TPSA) is 64.0 Å². The van der Waals surface area contributed by atoms with E-state index in [2.05, 4.69) is 26.2 Å². The Bertz CT molecular complexity index is 672. The van der Waals surface area contributed by atoms with Crippen molar-refractivity contribution in [2.45, 2.75) is 25.8 Å². The van der Waals surface area contributed by atoms with E-state index in [-0.39, 0.29) is 17.7 Å². The molecule has 7 heteroatoms. The molecule has 0 bridgehead atoms. The molecule has 20 heavy (non-hydrogen) atoms. The molecule has 3 rings (SSSR count). The lowest BCUT2D eigenvalue weighted by Crippen LogP contribution is -2.31. The van der Waals surface area contributed by atoms with Crippen LogP contribution in [0.4, 0.5) is 5.13 Å². The van der Waals surface area contributed by atoms with Gasteiger partial charge in [0.05, 0.1) is 15.2 Å². The first-order valence-electron chi connectivity index (χ1n) is 6.20. The molecule has 3 heterocycles. The molecule has 0 saturated carbocycles. The lowest BCUT2D eigenvalue weighted by molar-refractivity contribution is -0.119. The number of anilines is 1. The van der Waals surface area contributed by atoms with Crippen molar-refractivity contribution in [1.82, 2.24) is 9.55 Å². The number of hydrogen-bond acceptors (Lipinski definition) is 4. The molecule has 1 unspecified atom stereocenters. The third-order valence-corrected chi connectivity index (χ3v) is 5.24. The molecule has 0 aromatic carbocycles. The van der Waals surface area contributed by atoms with Gasteiger partial charge >= 0.3 is 0 Å². The minimum absolute atomic E-state index is 0.0897. The number of ketones is 1. The summed E-state index contributed by atoms with van der Waals surface area (Å²) in [7, 11) is 0. The van der Waals surface area contributed by atoms with Gasteiger partial charge in [-0.25, -0.2) is 4.98 Å². The van der Waals surface area contributed by atoms with E-state index in [0.717, 1.165) is 9.48 Å². The summed E-state index contributed by atoms with van der Waals surface area (Å²) in [5.74, 6) is -0.0388. The van der Waals surface area contributed by atoms with E-state index < -0.39 is 0 Å². The van der Waals surface area contributed by atoms with Gasteiger partial charge in [-0.2, -0.15) is 0 Å². The number of Topliss-reactive ketones (excluding diaryl/α,β-unsaturated/α-hetero) is 1. The predicted octanol–water partition coefficient (Wildman–Crippen LogP) is 3.17. The molecule has 2 aromatic rings. The van der Waals surface area contributed by atoms with Crippen molar-refractivity contribution in [3.8, 4) is 0 Å². The number of nitrogens with one attached hydrogen (secondary N) is 1. The number of carbonyl (C=O) groups excluding carboxylic acids is 2. The van der Waals surface area contributed by atoms with Crippen LogP contribution in [0, 0.1) is 6.92 Å². The van der Waals surface area contributed by atoms with Crippen LogP contribution in [0.2, 0.25) is 0 Å². The minimum Gasteiger partial charge on any atom is -0.333 e. The number of thiazole rings is 1. The maximum absolute atomic E-state index is 12.4. The fourth-order valence-corrected chi connectivity index (χ4v) is 3.56. The third-order valence-electron chi connectivity index (χ3n) is 3.32. The SMILES string of the molecule is Cc1nc(NC(=O)C2CCC(=O)c3cccn32)sc1Br.